The summed E-state index contributed by atoms with van der Waals surface area (Å²) in [6, 6.07) is 10.9. The van der Waals surface area contributed by atoms with Crippen molar-refractivity contribution < 1.29 is 18.7 Å². The summed E-state index contributed by atoms with van der Waals surface area (Å²) >= 11 is 7.30. The molecular weight excluding hydrogens is 336 g/mol. The number of hydrogen-bond acceptors (Lipinski definition) is 5. The van der Waals surface area contributed by atoms with Crippen LogP contribution in [-0.4, -0.2) is 24.3 Å². The topological polar surface area (TPSA) is 48.7 Å². The Kier molecular flexibility index (Phi) is 4.68. The molecule has 0 amide bonds. The Bertz CT molecular complexity index is 858. The lowest BCUT2D eigenvalue weighted by Crippen LogP contribution is -2.26. The van der Waals surface area contributed by atoms with Crippen LogP contribution < -0.4 is 4.74 Å². The van der Waals surface area contributed by atoms with Crippen LogP contribution in [0.4, 0.5) is 0 Å². The van der Waals surface area contributed by atoms with Crippen molar-refractivity contribution in [3.63, 3.8) is 0 Å². The van der Waals surface area contributed by atoms with Crippen molar-refractivity contribution in [2.24, 2.45) is 0 Å². The minimum Gasteiger partial charge on any atom is -0.467 e. The SMILES string of the molecule is CCOC(=O)C(Oc1cccc2oc3cc(Cl)ccc3c12)SC. The van der Waals surface area contributed by atoms with Crippen LogP contribution in [-0.2, 0) is 9.53 Å². The molecule has 0 fully saturated rings. The van der Waals surface area contributed by atoms with Gasteiger partial charge in [0.15, 0.2) is 0 Å². The van der Waals surface area contributed by atoms with Gasteiger partial charge < -0.3 is 13.9 Å². The number of fused-ring (bicyclic) bond motifs is 3. The van der Waals surface area contributed by atoms with Gasteiger partial charge in [0.05, 0.1) is 12.0 Å². The van der Waals surface area contributed by atoms with Crippen LogP contribution in [0.5, 0.6) is 5.75 Å². The van der Waals surface area contributed by atoms with Gasteiger partial charge in [0.25, 0.3) is 0 Å². The number of furan rings is 1. The highest BCUT2D eigenvalue weighted by molar-refractivity contribution is 7.99. The van der Waals surface area contributed by atoms with E-state index in [1.54, 1.807) is 25.3 Å². The molecule has 6 heteroatoms. The summed E-state index contributed by atoms with van der Waals surface area (Å²) in [5, 5.41) is 2.32. The minimum atomic E-state index is -0.724. The second kappa shape index (κ2) is 6.72. The predicted octanol–water partition coefficient (Wildman–Crippen LogP) is 4.87. The molecule has 2 aromatic carbocycles. The van der Waals surface area contributed by atoms with Crippen LogP contribution in [0.25, 0.3) is 21.9 Å². The molecular formula is C17H15ClO4S. The van der Waals surface area contributed by atoms with E-state index in [9.17, 15) is 4.79 Å². The third kappa shape index (κ3) is 3.12. The number of thioether (sulfide) groups is 1. The quantitative estimate of drug-likeness (QED) is 0.485. The van der Waals surface area contributed by atoms with Crippen molar-refractivity contribution in [2.45, 2.75) is 12.4 Å². The largest absolute Gasteiger partial charge is 0.467 e. The van der Waals surface area contributed by atoms with Gasteiger partial charge in [-0.3, -0.25) is 0 Å². The molecule has 4 nitrogen and oxygen atoms in total. The molecule has 0 aliphatic heterocycles. The Morgan fingerprint density at radius 2 is 2.13 bits per heavy atom. The number of hydrogen-bond donors (Lipinski definition) is 0. The molecule has 120 valence electrons. The van der Waals surface area contributed by atoms with E-state index in [0.717, 1.165) is 10.8 Å². The van der Waals surface area contributed by atoms with E-state index in [-0.39, 0.29) is 0 Å². The molecule has 1 aromatic heterocycles. The van der Waals surface area contributed by atoms with E-state index >= 15 is 0 Å². The second-order valence-corrected chi connectivity index (χ2v) is 6.15. The highest BCUT2D eigenvalue weighted by Gasteiger charge is 2.22. The first-order chi connectivity index (χ1) is 11.1. The zero-order chi connectivity index (χ0) is 16.4. The zero-order valence-corrected chi connectivity index (χ0v) is 14.2. The van der Waals surface area contributed by atoms with Gasteiger partial charge in [-0.1, -0.05) is 17.7 Å². The van der Waals surface area contributed by atoms with Crippen LogP contribution >= 0.6 is 23.4 Å². The smallest absolute Gasteiger partial charge is 0.358 e. The normalized spacial score (nSPS) is 12.5. The summed E-state index contributed by atoms with van der Waals surface area (Å²) < 4.78 is 16.7. The van der Waals surface area contributed by atoms with Gasteiger partial charge in [0.1, 0.15) is 16.9 Å². The first kappa shape index (κ1) is 16.0. The zero-order valence-electron chi connectivity index (χ0n) is 12.7. The molecule has 0 spiro atoms. The molecule has 1 unspecified atom stereocenters. The summed E-state index contributed by atoms with van der Waals surface area (Å²) in [6.07, 6.45) is 1.80. The maximum absolute atomic E-state index is 12.0. The maximum atomic E-state index is 12.0. The Morgan fingerprint density at radius 1 is 1.30 bits per heavy atom. The van der Waals surface area contributed by atoms with E-state index in [1.165, 1.54) is 11.8 Å². The Labute approximate surface area is 142 Å². The Morgan fingerprint density at radius 3 is 2.87 bits per heavy atom. The molecule has 0 N–H and O–H groups in total. The predicted molar refractivity (Wildman–Crippen MR) is 93.3 cm³/mol. The number of carbonyl (C=O) groups is 1. The highest BCUT2D eigenvalue weighted by Crippen LogP contribution is 2.37. The van der Waals surface area contributed by atoms with Crippen molar-refractivity contribution in [1.82, 2.24) is 0 Å². The maximum Gasteiger partial charge on any atom is 0.358 e. The van der Waals surface area contributed by atoms with Crippen LogP contribution in [0, 0.1) is 0 Å². The summed E-state index contributed by atoms with van der Waals surface area (Å²) in [7, 11) is 0. The van der Waals surface area contributed by atoms with Crippen molar-refractivity contribution in [3.8, 4) is 5.75 Å². The molecule has 3 rings (SSSR count). The lowest BCUT2D eigenvalue weighted by Gasteiger charge is -2.15. The number of halogens is 1. The monoisotopic (exact) mass is 350 g/mol. The van der Waals surface area contributed by atoms with Crippen molar-refractivity contribution in [3.05, 3.63) is 41.4 Å². The van der Waals surface area contributed by atoms with Crippen LogP contribution in [0.1, 0.15) is 6.92 Å². The van der Waals surface area contributed by atoms with E-state index in [0.29, 0.717) is 28.5 Å². The van der Waals surface area contributed by atoms with Crippen molar-refractivity contribution in [2.75, 3.05) is 12.9 Å². The Hall–Kier alpha value is -1.85. The summed E-state index contributed by atoms with van der Waals surface area (Å²) in [6.45, 7) is 2.08. The molecule has 1 atom stereocenters. The molecule has 1 heterocycles. The molecule has 0 aliphatic rings. The first-order valence-corrected chi connectivity index (χ1v) is 8.77. The third-order valence-electron chi connectivity index (χ3n) is 3.35. The number of esters is 1. The molecule has 0 aliphatic carbocycles. The van der Waals surface area contributed by atoms with E-state index in [2.05, 4.69) is 0 Å². The average molecular weight is 351 g/mol. The van der Waals surface area contributed by atoms with Gasteiger partial charge in [0, 0.05) is 16.5 Å². The molecule has 23 heavy (non-hydrogen) atoms. The van der Waals surface area contributed by atoms with Gasteiger partial charge in [-0.15, -0.1) is 11.8 Å². The van der Waals surface area contributed by atoms with Crippen LogP contribution in [0.3, 0.4) is 0 Å². The summed E-state index contributed by atoms with van der Waals surface area (Å²) in [5.41, 5.74) is 0.640. The van der Waals surface area contributed by atoms with Crippen molar-refractivity contribution >= 4 is 51.3 Å². The Balaban J connectivity index is 2.06. The fourth-order valence-electron chi connectivity index (χ4n) is 2.38. The molecule has 0 bridgehead atoms. The average Bonchev–Trinajstić information content (AvgIpc) is 2.90. The number of ether oxygens (including phenoxy) is 2. The van der Waals surface area contributed by atoms with E-state index in [4.69, 9.17) is 25.5 Å². The minimum absolute atomic E-state index is 0.316. The van der Waals surface area contributed by atoms with Gasteiger partial charge in [-0.25, -0.2) is 4.79 Å². The first-order valence-electron chi connectivity index (χ1n) is 7.11. The fourth-order valence-corrected chi connectivity index (χ4v) is 3.01. The van der Waals surface area contributed by atoms with Gasteiger partial charge in [0.2, 0.25) is 5.44 Å². The lowest BCUT2D eigenvalue weighted by atomic mass is 10.1. The standard InChI is InChI=1S/C17H15ClO4S/c1-3-20-16(19)17(23-2)22-13-6-4-5-12-15(13)11-8-7-10(18)9-14(11)21-12/h4-9,17H,3H2,1-2H3. The van der Waals surface area contributed by atoms with Gasteiger partial charge in [-0.05, 0) is 37.4 Å². The van der Waals surface area contributed by atoms with Crippen molar-refractivity contribution in [1.29, 1.82) is 0 Å². The van der Waals surface area contributed by atoms with Crippen LogP contribution in [0.15, 0.2) is 40.8 Å². The molecule has 3 aromatic rings. The second-order valence-electron chi connectivity index (χ2n) is 4.81. The van der Waals surface area contributed by atoms with Gasteiger partial charge >= 0.3 is 5.97 Å². The van der Waals surface area contributed by atoms with E-state index in [1.807, 2.05) is 24.3 Å². The van der Waals surface area contributed by atoms with Crippen LogP contribution in [0.2, 0.25) is 5.02 Å². The fraction of sp³-hybridized carbons (Fsp3) is 0.235. The molecule has 0 saturated heterocycles. The van der Waals surface area contributed by atoms with E-state index < -0.39 is 11.4 Å². The number of carbonyl (C=O) groups excluding carboxylic acids is 1. The molecule has 0 radical (unpaired) electrons. The number of benzene rings is 2. The summed E-state index contributed by atoms with van der Waals surface area (Å²) in [5.74, 6) is 0.184. The third-order valence-corrected chi connectivity index (χ3v) is 4.30. The lowest BCUT2D eigenvalue weighted by molar-refractivity contribution is -0.147. The number of rotatable bonds is 5. The van der Waals surface area contributed by atoms with Gasteiger partial charge in [-0.2, -0.15) is 0 Å². The summed E-state index contributed by atoms with van der Waals surface area (Å²) in [4.78, 5) is 12.0. The highest BCUT2D eigenvalue weighted by atomic mass is 35.5. The molecule has 0 saturated carbocycles.